The quantitative estimate of drug-likeness (QED) is 0.789. The summed E-state index contributed by atoms with van der Waals surface area (Å²) in [6.45, 7) is 3.11. The Morgan fingerprint density at radius 2 is 2.17 bits per heavy atom. The van der Waals surface area contributed by atoms with Gasteiger partial charge in [-0.1, -0.05) is 6.07 Å². The van der Waals surface area contributed by atoms with Crippen LogP contribution in [0.25, 0.3) is 0 Å². The predicted molar refractivity (Wildman–Crippen MR) is 89.9 cm³/mol. The molecule has 0 radical (unpaired) electrons. The van der Waals surface area contributed by atoms with E-state index in [9.17, 15) is 9.90 Å². The van der Waals surface area contributed by atoms with Crippen molar-refractivity contribution in [3.05, 3.63) is 30.1 Å². The third-order valence-electron chi connectivity index (χ3n) is 4.16. The molecule has 2 heterocycles. The minimum atomic E-state index is -0.765. The van der Waals surface area contributed by atoms with Crippen molar-refractivity contribution in [2.45, 2.75) is 25.0 Å². The van der Waals surface area contributed by atoms with Crippen molar-refractivity contribution in [1.29, 1.82) is 0 Å². The second-order valence-corrected chi connectivity index (χ2v) is 6.84. The van der Waals surface area contributed by atoms with Crippen LogP contribution >= 0.6 is 0 Å². The van der Waals surface area contributed by atoms with Crippen LogP contribution in [0, 0.1) is 0 Å². The van der Waals surface area contributed by atoms with Gasteiger partial charge in [0.15, 0.2) is 0 Å². The molecule has 1 N–H and O–H groups in total. The fourth-order valence-electron chi connectivity index (χ4n) is 3.08. The van der Waals surface area contributed by atoms with Crippen LogP contribution in [-0.2, 0) is 11.3 Å². The van der Waals surface area contributed by atoms with E-state index in [0.717, 1.165) is 12.2 Å². The predicted octanol–water partition coefficient (Wildman–Crippen LogP) is 0.429. The van der Waals surface area contributed by atoms with Gasteiger partial charge in [-0.2, -0.15) is 0 Å². The molecule has 6 nitrogen and oxygen atoms in total. The van der Waals surface area contributed by atoms with Gasteiger partial charge in [-0.05, 0) is 39.7 Å². The Bertz CT molecular complexity index is 509. The van der Waals surface area contributed by atoms with E-state index >= 15 is 0 Å². The fraction of sp³-hybridized carbons (Fsp3) is 0.647. The van der Waals surface area contributed by atoms with Crippen LogP contribution < -0.4 is 0 Å². The van der Waals surface area contributed by atoms with Crippen LogP contribution in [0.4, 0.5) is 0 Å². The van der Waals surface area contributed by atoms with Crippen molar-refractivity contribution in [3.63, 3.8) is 0 Å². The Morgan fingerprint density at radius 1 is 1.39 bits per heavy atom. The Hall–Kier alpha value is -1.50. The maximum Gasteiger partial charge on any atom is 0.223 e. The van der Waals surface area contributed by atoms with Gasteiger partial charge in [0.2, 0.25) is 5.91 Å². The summed E-state index contributed by atoms with van der Waals surface area (Å²) in [5.74, 6) is 0.118. The SMILES string of the molecule is CN(C)C[C@@]1(O)CCN(C(=O)CCN(C)Cc2ccccn2)C1. The van der Waals surface area contributed by atoms with Crippen molar-refractivity contribution in [3.8, 4) is 0 Å². The summed E-state index contributed by atoms with van der Waals surface area (Å²) in [7, 11) is 5.87. The number of carbonyl (C=O) groups is 1. The molecule has 0 spiro atoms. The highest BCUT2D eigenvalue weighted by Crippen LogP contribution is 2.22. The number of aliphatic hydroxyl groups is 1. The number of carbonyl (C=O) groups excluding carboxylic acids is 1. The third-order valence-corrected chi connectivity index (χ3v) is 4.16. The highest BCUT2D eigenvalue weighted by atomic mass is 16.3. The lowest BCUT2D eigenvalue weighted by Crippen LogP contribution is -2.43. The lowest BCUT2D eigenvalue weighted by atomic mass is 10.0. The second-order valence-electron chi connectivity index (χ2n) is 6.84. The number of amides is 1. The summed E-state index contributed by atoms with van der Waals surface area (Å²) in [4.78, 5) is 22.5. The molecule has 1 aliphatic heterocycles. The molecular formula is C17H28N4O2. The Balaban J connectivity index is 1.75. The maximum atomic E-state index is 12.3. The summed E-state index contributed by atoms with van der Waals surface area (Å²) < 4.78 is 0. The molecule has 2 rings (SSSR count). The minimum absolute atomic E-state index is 0.118. The lowest BCUT2D eigenvalue weighted by molar-refractivity contribution is -0.131. The van der Waals surface area contributed by atoms with E-state index in [4.69, 9.17) is 0 Å². The molecule has 23 heavy (non-hydrogen) atoms. The molecule has 1 atom stereocenters. The zero-order valence-corrected chi connectivity index (χ0v) is 14.4. The number of aromatic nitrogens is 1. The first-order valence-electron chi connectivity index (χ1n) is 8.11. The van der Waals surface area contributed by atoms with E-state index in [1.54, 1.807) is 11.1 Å². The normalized spacial score (nSPS) is 21.4. The van der Waals surface area contributed by atoms with Crippen molar-refractivity contribution in [2.75, 3.05) is 47.3 Å². The molecule has 1 fully saturated rings. The van der Waals surface area contributed by atoms with Crippen molar-refractivity contribution < 1.29 is 9.90 Å². The molecule has 128 valence electrons. The molecule has 1 aromatic rings. The van der Waals surface area contributed by atoms with E-state index in [1.807, 2.05) is 44.2 Å². The fourth-order valence-corrected chi connectivity index (χ4v) is 3.08. The summed E-state index contributed by atoms with van der Waals surface area (Å²) in [6, 6.07) is 5.85. The molecule has 1 saturated heterocycles. The molecule has 1 aromatic heterocycles. The highest BCUT2D eigenvalue weighted by Gasteiger charge is 2.38. The van der Waals surface area contributed by atoms with E-state index in [0.29, 0.717) is 39.0 Å². The second kappa shape index (κ2) is 7.86. The largest absolute Gasteiger partial charge is 0.387 e. The molecule has 6 heteroatoms. The number of pyridine rings is 1. The van der Waals surface area contributed by atoms with Gasteiger partial charge >= 0.3 is 0 Å². The Labute approximate surface area is 138 Å². The Kier molecular flexibility index (Phi) is 6.10. The first kappa shape index (κ1) is 17.8. The van der Waals surface area contributed by atoms with Crippen LogP contribution in [0.2, 0.25) is 0 Å². The van der Waals surface area contributed by atoms with Gasteiger partial charge in [0.1, 0.15) is 0 Å². The summed E-state index contributed by atoms with van der Waals surface area (Å²) >= 11 is 0. The van der Waals surface area contributed by atoms with Gasteiger partial charge in [0.25, 0.3) is 0 Å². The van der Waals surface area contributed by atoms with E-state index in [1.165, 1.54) is 0 Å². The lowest BCUT2D eigenvalue weighted by Gasteiger charge is -2.27. The summed E-state index contributed by atoms with van der Waals surface area (Å²) in [6.07, 6.45) is 2.91. The van der Waals surface area contributed by atoms with E-state index in [-0.39, 0.29) is 5.91 Å². The summed E-state index contributed by atoms with van der Waals surface area (Å²) in [5, 5.41) is 10.5. The van der Waals surface area contributed by atoms with Crippen LogP contribution in [0.3, 0.4) is 0 Å². The van der Waals surface area contributed by atoms with Gasteiger partial charge in [0.05, 0.1) is 17.8 Å². The number of hydrogen-bond donors (Lipinski definition) is 1. The number of likely N-dealkylation sites (tertiary alicyclic amines) is 1. The maximum absolute atomic E-state index is 12.3. The number of rotatable bonds is 7. The molecule has 0 bridgehead atoms. The highest BCUT2D eigenvalue weighted by molar-refractivity contribution is 5.76. The Morgan fingerprint density at radius 3 is 2.83 bits per heavy atom. The van der Waals surface area contributed by atoms with Gasteiger partial charge in [-0.25, -0.2) is 0 Å². The molecule has 0 aromatic carbocycles. The average Bonchev–Trinajstić information content (AvgIpc) is 2.87. The van der Waals surface area contributed by atoms with E-state index in [2.05, 4.69) is 9.88 Å². The van der Waals surface area contributed by atoms with Crippen LogP contribution in [-0.4, -0.2) is 83.6 Å². The first-order chi connectivity index (χ1) is 10.9. The standard InChI is InChI=1S/C17H28N4O2/c1-19(2)13-17(23)8-11-21(14-17)16(22)7-10-20(3)12-15-6-4-5-9-18-15/h4-6,9,23H,7-8,10-14H2,1-3H3/t17-/m0/s1. The smallest absolute Gasteiger partial charge is 0.223 e. The van der Waals surface area contributed by atoms with Crippen LogP contribution in [0.5, 0.6) is 0 Å². The van der Waals surface area contributed by atoms with Crippen molar-refractivity contribution in [1.82, 2.24) is 19.7 Å². The molecule has 0 saturated carbocycles. The zero-order chi connectivity index (χ0) is 16.9. The van der Waals surface area contributed by atoms with Crippen molar-refractivity contribution >= 4 is 5.91 Å². The topological polar surface area (TPSA) is 59.9 Å². The van der Waals surface area contributed by atoms with Gasteiger partial charge < -0.3 is 19.8 Å². The number of β-amino-alcohol motifs (C(OH)–C–C–N with tert-alkyl or cyclic N) is 1. The van der Waals surface area contributed by atoms with Crippen LogP contribution in [0.15, 0.2) is 24.4 Å². The molecule has 1 amide bonds. The third kappa shape index (κ3) is 5.57. The number of likely N-dealkylation sites (N-methyl/N-ethyl adjacent to an activating group) is 1. The minimum Gasteiger partial charge on any atom is -0.387 e. The summed E-state index contributed by atoms with van der Waals surface area (Å²) in [5.41, 5.74) is 0.239. The van der Waals surface area contributed by atoms with Gasteiger partial charge in [0, 0.05) is 38.8 Å². The molecule has 1 aliphatic rings. The van der Waals surface area contributed by atoms with E-state index < -0.39 is 5.60 Å². The van der Waals surface area contributed by atoms with Gasteiger partial charge in [-0.3, -0.25) is 9.78 Å². The van der Waals surface area contributed by atoms with Crippen LogP contribution in [0.1, 0.15) is 18.5 Å². The molecule has 0 unspecified atom stereocenters. The van der Waals surface area contributed by atoms with Gasteiger partial charge in [-0.15, -0.1) is 0 Å². The first-order valence-corrected chi connectivity index (χ1v) is 8.11. The monoisotopic (exact) mass is 320 g/mol. The number of hydrogen-bond acceptors (Lipinski definition) is 5. The number of nitrogens with zero attached hydrogens (tertiary/aromatic N) is 4. The average molecular weight is 320 g/mol. The van der Waals surface area contributed by atoms with Crippen molar-refractivity contribution in [2.24, 2.45) is 0 Å². The molecular weight excluding hydrogens is 292 g/mol. The zero-order valence-electron chi connectivity index (χ0n) is 14.4. The molecule has 0 aliphatic carbocycles.